The van der Waals surface area contributed by atoms with Gasteiger partial charge in [-0.3, -0.25) is 9.59 Å². The van der Waals surface area contributed by atoms with Gasteiger partial charge in [-0.1, -0.05) is 29.3 Å². The fraction of sp³-hybridized carbons (Fsp3) is 0.294. The van der Waals surface area contributed by atoms with Gasteiger partial charge in [0.15, 0.2) is 0 Å². The van der Waals surface area contributed by atoms with Crippen LogP contribution < -0.4 is 5.32 Å². The molecule has 1 aromatic heterocycles. The molecule has 1 saturated heterocycles. The Labute approximate surface area is 149 Å². The smallest absolute Gasteiger partial charge is 0.225 e. The number of halogens is 2. The summed E-state index contributed by atoms with van der Waals surface area (Å²) in [6.45, 7) is 1.08. The zero-order chi connectivity index (χ0) is 17.1. The van der Waals surface area contributed by atoms with Gasteiger partial charge < -0.3 is 14.6 Å². The van der Waals surface area contributed by atoms with Crippen LogP contribution in [0.3, 0.4) is 0 Å². The summed E-state index contributed by atoms with van der Waals surface area (Å²) in [6, 6.07) is 8.71. The van der Waals surface area contributed by atoms with Crippen molar-refractivity contribution in [1.82, 2.24) is 10.2 Å². The molecule has 1 aliphatic rings. The van der Waals surface area contributed by atoms with Gasteiger partial charge in [-0.05, 0) is 29.8 Å². The Morgan fingerprint density at radius 3 is 2.88 bits per heavy atom. The first-order valence-corrected chi connectivity index (χ1v) is 8.30. The molecule has 0 aliphatic carbocycles. The molecular formula is C17H16Cl2N2O3. The van der Waals surface area contributed by atoms with Gasteiger partial charge in [-0.2, -0.15) is 0 Å². The molecule has 24 heavy (non-hydrogen) atoms. The van der Waals surface area contributed by atoms with Crippen molar-refractivity contribution in [2.75, 3.05) is 6.54 Å². The number of furan rings is 1. The molecule has 2 amide bonds. The van der Waals surface area contributed by atoms with Crippen LogP contribution >= 0.6 is 23.2 Å². The van der Waals surface area contributed by atoms with Crippen LogP contribution in [0.2, 0.25) is 10.0 Å². The number of benzene rings is 1. The normalized spacial score (nSPS) is 17.3. The zero-order valence-electron chi connectivity index (χ0n) is 12.8. The van der Waals surface area contributed by atoms with E-state index in [4.69, 9.17) is 27.6 Å². The Morgan fingerprint density at radius 1 is 1.33 bits per heavy atom. The number of hydrogen-bond acceptors (Lipinski definition) is 3. The van der Waals surface area contributed by atoms with Gasteiger partial charge in [0, 0.05) is 29.6 Å². The van der Waals surface area contributed by atoms with Crippen LogP contribution in [-0.2, 0) is 22.7 Å². The minimum atomic E-state index is -0.362. The van der Waals surface area contributed by atoms with Crippen LogP contribution in [0.4, 0.5) is 0 Å². The fourth-order valence-corrected chi connectivity index (χ4v) is 3.16. The van der Waals surface area contributed by atoms with Crippen LogP contribution in [0, 0.1) is 5.92 Å². The number of rotatable bonds is 5. The van der Waals surface area contributed by atoms with E-state index in [-0.39, 0.29) is 24.2 Å². The van der Waals surface area contributed by atoms with Crippen LogP contribution in [0.25, 0.3) is 0 Å². The number of hydrogen-bond donors (Lipinski definition) is 1. The predicted molar refractivity (Wildman–Crippen MR) is 90.5 cm³/mol. The molecule has 0 saturated carbocycles. The summed E-state index contributed by atoms with van der Waals surface area (Å²) in [4.78, 5) is 26.0. The molecule has 0 bridgehead atoms. The van der Waals surface area contributed by atoms with E-state index in [1.807, 2.05) is 6.07 Å². The lowest BCUT2D eigenvalue weighted by molar-refractivity contribution is -0.129. The van der Waals surface area contributed by atoms with E-state index in [0.717, 1.165) is 5.56 Å². The van der Waals surface area contributed by atoms with Crippen molar-refractivity contribution in [2.24, 2.45) is 5.92 Å². The summed E-state index contributed by atoms with van der Waals surface area (Å²) in [7, 11) is 0. The molecule has 0 spiro atoms. The van der Waals surface area contributed by atoms with Crippen molar-refractivity contribution in [3.8, 4) is 0 Å². The van der Waals surface area contributed by atoms with E-state index >= 15 is 0 Å². The average molecular weight is 367 g/mol. The number of carbonyl (C=O) groups excluding carboxylic acids is 2. The first kappa shape index (κ1) is 16.9. The van der Waals surface area contributed by atoms with Gasteiger partial charge in [-0.15, -0.1) is 0 Å². The minimum absolute atomic E-state index is 0.0453. The fourth-order valence-electron chi connectivity index (χ4n) is 2.68. The van der Waals surface area contributed by atoms with Gasteiger partial charge in [0.05, 0.1) is 18.7 Å². The standard InChI is InChI=1S/C17H16Cl2N2O3/c18-13-4-3-11(15(19)7-13)8-20-17(23)12-6-16(22)21(9-12)10-14-2-1-5-24-14/h1-5,7,12H,6,8-10H2,(H,20,23). The van der Waals surface area contributed by atoms with E-state index in [0.29, 0.717) is 35.4 Å². The molecule has 2 heterocycles. The molecule has 1 atom stereocenters. The predicted octanol–water partition coefficient (Wildman–Crippen LogP) is 3.25. The molecule has 1 unspecified atom stereocenters. The second kappa shape index (κ2) is 7.28. The number of carbonyl (C=O) groups is 2. The van der Waals surface area contributed by atoms with Crippen molar-refractivity contribution in [3.63, 3.8) is 0 Å². The summed E-state index contributed by atoms with van der Waals surface area (Å²) in [5, 5.41) is 3.88. The van der Waals surface area contributed by atoms with Crippen LogP contribution in [-0.4, -0.2) is 23.3 Å². The van der Waals surface area contributed by atoms with E-state index < -0.39 is 0 Å². The van der Waals surface area contributed by atoms with Gasteiger partial charge in [0.2, 0.25) is 11.8 Å². The Morgan fingerprint density at radius 2 is 2.17 bits per heavy atom. The molecule has 126 valence electrons. The molecule has 2 aromatic rings. The second-order valence-electron chi connectivity index (χ2n) is 5.71. The molecule has 1 fully saturated rings. The van der Waals surface area contributed by atoms with Crippen LogP contribution in [0.1, 0.15) is 17.7 Å². The number of nitrogens with one attached hydrogen (secondary N) is 1. The van der Waals surface area contributed by atoms with Gasteiger partial charge in [-0.25, -0.2) is 0 Å². The van der Waals surface area contributed by atoms with E-state index in [2.05, 4.69) is 5.32 Å². The minimum Gasteiger partial charge on any atom is -0.467 e. The third kappa shape index (κ3) is 3.91. The van der Waals surface area contributed by atoms with Crippen molar-refractivity contribution >= 4 is 35.0 Å². The third-order valence-electron chi connectivity index (χ3n) is 3.98. The Balaban J connectivity index is 1.55. The summed E-state index contributed by atoms with van der Waals surface area (Å²) in [6.07, 6.45) is 1.77. The largest absolute Gasteiger partial charge is 0.467 e. The molecule has 3 rings (SSSR count). The highest BCUT2D eigenvalue weighted by Gasteiger charge is 2.34. The van der Waals surface area contributed by atoms with Crippen molar-refractivity contribution < 1.29 is 14.0 Å². The highest BCUT2D eigenvalue weighted by Crippen LogP contribution is 2.23. The topological polar surface area (TPSA) is 62.6 Å². The van der Waals surface area contributed by atoms with E-state index in [9.17, 15) is 9.59 Å². The maximum Gasteiger partial charge on any atom is 0.225 e. The number of likely N-dealkylation sites (tertiary alicyclic amines) is 1. The van der Waals surface area contributed by atoms with E-state index in [1.54, 1.807) is 35.4 Å². The lowest BCUT2D eigenvalue weighted by Gasteiger charge is -2.15. The monoisotopic (exact) mass is 366 g/mol. The maximum atomic E-state index is 12.3. The molecule has 0 radical (unpaired) electrons. The highest BCUT2D eigenvalue weighted by atomic mass is 35.5. The number of nitrogens with zero attached hydrogens (tertiary/aromatic N) is 1. The van der Waals surface area contributed by atoms with Gasteiger partial charge in [0.25, 0.3) is 0 Å². The molecule has 5 nitrogen and oxygen atoms in total. The molecule has 1 aromatic carbocycles. The summed E-state index contributed by atoms with van der Waals surface area (Å²) in [5.41, 5.74) is 0.784. The average Bonchev–Trinajstić information content (AvgIpc) is 3.17. The lowest BCUT2D eigenvalue weighted by Crippen LogP contribution is -2.32. The van der Waals surface area contributed by atoms with Gasteiger partial charge >= 0.3 is 0 Å². The lowest BCUT2D eigenvalue weighted by atomic mass is 10.1. The molecule has 1 N–H and O–H groups in total. The summed E-state index contributed by atoms with van der Waals surface area (Å²) < 4.78 is 5.25. The SMILES string of the molecule is O=C(NCc1ccc(Cl)cc1Cl)C1CC(=O)N(Cc2ccco2)C1. The Hall–Kier alpha value is -1.98. The first-order valence-electron chi connectivity index (χ1n) is 7.54. The van der Waals surface area contributed by atoms with Crippen molar-refractivity contribution in [1.29, 1.82) is 0 Å². The molecule has 1 aliphatic heterocycles. The maximum absolute atomic E-state index is 12.3. The Kier molecular flexibility index (Phi) is 5.11. The first-order chi connectivity index (χ1) is 11.5. The molecule has 7 heteroatoms. The molecular weight excluding hydrogens is 351 g/mol. The van der Waals surface area contributed by atoms with Crippen molar-refractivity contribution in [2.45, 2.75) is 19.5 Å². The summed E-state index contributed by atoms with van der Waals surface area (Å²) in [5.74, 6) is 0.142. The second-order valence-corrected chi connectivity index (χ2v) is 6.55. The third-order valence-corrected chi connectivity index (χ3v) is 4.57. The highest BCUT2D eigenvalue weighted by molar-refractivity contribution is 6.35. The van der Waals surface area contributed by atoms with Crippen molar-refractivity contribution in [3.05, 3.63) is 58.0 Å². The van der Waals surface area contributed by atoms with Gasteiger partial charge in [0.1, 0.15) is 5.76 Å². The van der Waals surface area contributed by atoms with E-state index in [1.165, 1.54) is 0 Å². The summed E-state index contributed by atoms with van der Waals surface area (Å²) >= 11 is 11.9. The quantitative estimate of drug-likeness (QED) is 0.883. The van der Waals surface area contributed by atoms with Crippen LogP contribution in [0.15, 0.2) is 41.0 Å². The zero-order valence-corrected chi connectivity index (χ0v) is 14.3. The number of amides is 2. The van der Waals surface area contributed by atoms with Crippen LogP contribution in [0.5, 0.6) is 0 Å². The Bertz CT molecular complexity index is 746.